The summed E-state index contributed by atoms with van der Waals surface area (Å²) in [6, 6.07) is 0. The van der Waals surface area contributed by atoms with Crippen LogP contribution in [0.2, 0.25) is 0 Å². The van der Waals surface area contributed by atoms with Gasteiger partial charge in [0.15, 0.2) is 6.10 Å². The zero-order valence-corrected chi connectivity index (χ0v) is 48.4. The number of rotatable bonds is 57. The summed E-state index contributed by atoms with van der Waals surface area (Å²) in [6.45, 7) is 6.52. The SMILES string of the molecule is CC/C=C\C/C=C\C/C=C\C/C=C\CCCCC(=O)OCC(COC(=O)CCCCCCCCCCCCC/C=C\CCCCCCCCCC)OC(=O)CCCCCCCCC/C=C\CCCCCCCC. The van der Waals surface area contributed by atoms with Crippen LogP contribution in [0.15, 0.2) is 72.9 Å². The Hall–Kier alpha value is -3.15. The summed E-state index contributed by atoms with van der Waals surface area (Å²) in [7, 11) is 0. The summed E-state index contributed by atoms with van der Waals surface area (Å²) in [5, 5.41) is 0. The summed E-state index contributed by atoms with van der Waals surface area (Å²) in [6.07, 6.45) is 79.1. The van der Waals surface area contributed by atoms with Crippen molar-refractivity contribution in [2.45, 2.75) is 322 Å². The van der Waals surface area contributed by atoms with Crippen LogP contribution in [0.1, 0.15) is 316 Å². The van der Waals surface area contributed by atoms with E-state index in [1.165, 1.54) is 193 Å². The third kappa shape index (κ3) is 59.6. The maximum atomic E-state index is 12.9. The van der Waals surface area contributed by atoms with E-state index in [2.05, 4.69) is 93.7 Å². The van der Waals surface area contributed by atoms with Gasteiger partial charge in [-0.1, -0.05) is 261 Å². The van der Waals surface area contributed by atoms with E-state index in [1.54, 1.807) is 0 Å². The lowest BCUT2D eigenvalue weighted by Crippen LogP contribution is -2.30. The average molecular weight is 1020 g/mol. The Bertz CT molecular complexity index is 1360. The first-order valence-electron chi connectivity index (χ1n) is 31.4. The van der Waals surface area contributed by atoms with Gasteiger partial charge in [0.25, 0.3) is 0 Å². The second kappa shape index (κ2) is 61.4. The number of unbranched alkanes of at least 4 members (excludes halogenated alkanes) is 34. The number of hydrogen-bond donors (Lipinski definition) is 0. The molecule has 0 aliphatic rings. The van der Waals surface area contributed by atoms with Crippen LogP contribution < -0.4 is 0 Å². The Morgan fingerprint density at radius 3 is 0.877 bits per heavy atom. The largest absolute Gasteiger partial charge is 0.462 e. The lowest BCUT2D eigenvalue weighted by Gasteiger charge is -2.18. The average Bonchev–Trinajstić information content (AvgIpc) is 3.39. The Labute approximate surface area is 453 Å². The molecule has 1 atom stereocenters. The molecule has 0 saturated heterocycles. The molecule has 0 rings (SSSR count). The molecule has 0 saturated carbocycles. The zero-order chi connectivity index (χ0) is 52.9. The molecule has 6 nitrogen and oxygen atoms in total. The van der Waals surface area contributed by atoms with Crippen LogP contribution in [-0.4, -0.2) is 37.2 Å². The van der Waals surface area contributed by atoms with Crippen LogP contribution in [0.4, 0.5) is 0 Å². The molecular formula is C67H118O6. The smallest absolute Gasteiger partial charge is 0.306 e. The van der Waals surface area contributed by atoms with Gasteiger partial charge >= 0.3 is 17.9 Å². The molecule has 6 heteroatoms. The highest BCUT2D eigenvalue weighted by Gasteiger charge is 2.19. The number of ether oxygens (including phenoxy) is 3. The monoisotopic (exact) mass is 1020 g/mol. The molecule has 0 aromatic heterocycles. The molecule has 422 valence electrons. The van der Waals surface area contributed by atoms with Crippen LogP contribution in [-0.2, 0) is 28.6 Å². The third-order valence-electron chi connectivity index (χ3n) is 13.7. The Balaban J connectivity index is 4.36. The quantitative estimate of drug-likeness (QED) is 0.0261. The summed E-state index contributed by atoms with van der Waals surface area (Å²) in [4.78, 5) is 38.3. The van der Waals surface area contributed by atoms with Gasteiger partial charge in [-0.3, -0.25) is 14.4 Å². The fourth-order valence-electron chi connectivity index (χ4n) is 8.95. The van der Waals surface area contributed by atoms with Crippen LogP contribution in [0.25, 0.3) is 0 Å². The molecule has 0 spiro atoms. The van der Waals surface area contributed by atoms with Gasteiger partial charge in [-0.15, -0.1) is 0 Å². The minimum atomic E-state index is -0.796. The molecule has 0 aliphatic heterocycles. The van der Waals surface area contributed by atoms with Crippen molar-refractivity contribution >= 4 is 17.9 Å². The van der Waals surface area contributed by atoms with Gasteiger partial charge in [0.1, 0.15) is 13.2 Å². The molecule has 73 heavy (non-hydrogen) atoms. The first-order chi connectivity index (χ1) is 36.0. The van der Waals surface area contributed by atoms with Crippen molar-refractivity contribution in [3.05, 3.63) is 72.9 Å². The van der Waals surface area contributed by atoms with Crippen molar-refractivity contribution in [3.63, 3.8) is 0 Å². The molecule has 0 radical (unpaired) electrons. The van der Waals surface area contributed by atoms with Gasteiger partial charge in [-0.05, 0) is 109 Å². The molecule has 1 unspecified atom stereocenters. The van der Waals surface area contributed by atoms with E-state index < -0.39 is 6.10 Å². The number of carbonyl (C=O) groups is 3. The summed E-state index contributed by atoms with van der Waals surface area (Å²) < 4.78 is 16.9. The topological polar surface area (TPSA) is 78.9 Å². The van der Waals surface area contributed by atoms with Gasteiger partial charge in [0, 0.05) is 19.3 Å². The fourth-order valence-corrected chi connectivity index (χ4v) is 8.95. The number of carbonyl (C=O) groups excluding carboxylic acids is 3. The van der Waals surface area contributed by atoms with Gasteiger partial charge in [0.05, 0.1) is 0 Å². The highest BCUT2D eigenvalue weighted by atomic mass is 16.6. The minimum absolute atomic E-state index is 0.0893. The van der Waals surface area contributed by atoms with Crippen molar-refractivity contribution in [3.8, 4) is 0 Å². The highest BCUT2D eigenvalue weighted by Crippen LogP contribution is 2.16. The molecule has 0 aliphatic carbocycles. The maximum Gasteiger partial charge on any atom is 0.306 e. The van der Waals surface area contributed by atoms with Crippen molar-refractivity contribution in [1.82, 2.24) is 0 Å². The van der Waals surface area contributed by atoms with E-state index in [1.807, 2.05) is 0 Å². The summed E-state index contributed by atoms with van der Waals surface area (Å²) in [5.74, 6) is -0.925. The van der Waals surface area contributed by atoms with Crippen molar-refractivity contribution in [1.29, 1.82) is 0 Å². The first kappa shape index (κ1) is 69.8. The second-order valence-corrected chi connectivity index (χ2v) is 20.9. The maximum absolute atomic E-state index is 12.9. The lowest BCUT2D eigenvalue weighted by atomic mass is 10.0. The predicted molar refractivity (Wildman–Crippen MR) is 316 cm³/mol. The highest BCUT2D eigenvalue weighted by molar-refractivity contribution is 5.71. The number of allylic oxidation sites excluding steroid dienone is 12. The van der Waals surface area contributed by atoms with Crippen molar-refractivity contribution < 1.29 is 28.6 Å². The molecule has 0 heterocycles. The van der Waals surface area contributed by atoms with E-state index in [-0.39, 0.29) is 31.1 Å². The molecule has 0 bridgehead atoms. The van der Waals surface area contributed by atoms with E-state index >= 15 is 0 Å². The molecular weight excluding hydrogens is 901 g/mol. The zero-order valence-electron chi connectivity index (χ0n) is 48.4. The Morgan fingerprint density at radius 1 is 0.288 bits per heavy atom. The summed E-state index contributed by atoms with van der Waals surface area (Å²) in [5.41, 5.74) is 0. The fraction of sp³-hybridized carbons (Fsp3) is 0.776. The molecule has 0 amide bonds. The normalized spacial score (nSPS) is 12.5. The Kier molecular flexibility index (Phi) is 58.7. The van der Waals surface area contributed by atoms with Crippen LogP contribution in [0, 0.1) is 0 Å². The van der Waals surface area contributed by atoms with Crippen molar-refractivity contribution in [2.75, 3.05) is 13.2 Å². The van der Waals surface area contributed by atoms with Crippen LogP contribution in [0.3, 0.4) is 0 Å². The molecule has 0 fully saturated rings. The number of esters is 3. The van der Waals surface area contributed by atoms with Crippen LogP contribution >= 0.6 is 0 Å². The van der Waals surface area contributed by atoms with E-state index in [0.717, 1.165) is 83.5 Å². The number of hydrogen-bond acceptors (Lipinski definition) is 6. The standard InChI is InChI=1S/C67H118O6/c1-4-7-10-13-16-19-22-25-28-30-31-32-33-34-35-37-39-42-45-48-51-54-57-60-66(69)72-63-64(62-71-65(68)59-56-53-50-47-44-41-38-27-24-21-18-15-12-9-6-3)73-67(70)61-58-55-52-49-46-43-40-36-29-26-23-20-17-14-11-8-5-2/h9,12,18,21,26-27,29-31,38,44,47,64H,4-8,10-11,13-17,19-20,22-25,28,32-37,39-43,45-46,48-63H2,1-3H3/b12-9-,21-18-,29-26-,31-30-,38-27-,47-44-. The van der Waals surface area contributed by atoms with Gasteiger partial charge in [-0.25, -0.2) is 0 Å². The summed E-state index contributed by atoms with van der Waals surface area (Å²) >= 11 is 0. The lowest BCUT2D eigenvalue weighted by molar-refractivity contribution is -0.167. The molecule has 0 aromatic carbocycles. The molecule has 0 aromatic rings. The van der Waals surface area contributed by atoms with E-state index in [0.29, 0.717) is 19.3 Å². The second-order valence-electron chi connectivity index (χ2n) is 20.9. The van der Waals surface area contributed by atoms with Gasteiger partial charge in [0.2, 0.25) is 0 Å². The van der Waals surface area contributed by atoms with Gasteiger partial charge < -0.3 is 14.2 Å². The Morgan fingerprint density at radius 2 is 0.534 bits per heavy atom. The van der Waals surface area contributed by atoms with Crippen LogP contribution in [0.5, 0.6) is 0 Å². The third-order valence-corrected chi connectivity index (χ3v) is 13.7. The molecule has 0 N–H and O–H groups in total. The van der Waals surface area contributed by atoms with E-state index in [4.69, 9.17) is 14.2 Å². The minimum Gasteiger partial charge on any atom is -0.462 e. The first-order valence-corrected chi connectivity index (χ1v) is 31.4. The van der Waals surface area contributed by atoms with E-state index in [9.17, 15) is 14.4 Å². The van der Waals surface area contributed by atoms with Gasteiger partial charge in [-0.2, -0.15) is 0 Å². The van der Waals surface area contributed by atoms with Crippen molar-refractivity contribution in [2.24, 2.45) is 0 Å². The predicted octanol–water partition coefficient (Wildman–Crippen LogP) is 21.3.